The Labute approximate surface area is 170 Å². The van der Waals surface area contributed by atoms with Crippen LogP contribution in [0.1, 0.15) is 31.7 Å². The first-order valence-electron chi connectivity index (χ1n) is 9.69. The molecule has 9 nitrogen and oxygen atoms in total. The summed E-state index contributed by atoms with van der Waals surface area (Å²) in [5.41, 5.74) is 0.894. The van der Waals surface area contributed by atoms with E-state index in [0.717, 1.165) is 5.69 Å². The van der Waals surface area contributed by atoms with E-state index in [4.69, 9.17) is 4.74 Å². The summed E-state index contributed by atoms with van der Waals surface area (Å²) in [5, 5.41) is 11.2. The van der Waals surface area contributed by atoms with E-state index >= 15 is 0 Å². The number of fused-ring (bicyclic) bond motifs is 1. The van der Waals surface area contributed by atoms with Crippen LogP contribution >= 0.6 is 0 Å². The molecule has 0 aliphatic carbocycles. The molecule has 156 valence electrons. The van der Waals surface area contributed by atoms with Crippen LogP contribution in [0, 0.1) is 5.92 Å². The molecule has 1 fully saturated rings. The van der Waals surface area contributed by atoms with E-state index in [2.05, 4.69) is 15.6 Å². The van der Waals surface area contributed by atoms with Gasteiger partial charge in [-0.1, -0.05) is 37.3 Å². The molecule has 0 radical (unpaired) electrons. The first-order chi connectivity index (χ1) is 13.8. The summed E-state index contributed by atoms with van der Waals surface area (Å²) in [4.78, 5) is 12.1. The zero-order chi connectivity index (χ0) is 20.6. The summed E-state index contributed by atoms with van der Waals surface area (Å²) in [6.07, 6.45) is 0.595. The van der Waals surface area contributed by atoms with Crippen LogP contribution in [-0.4, -0.2) is 52.3 Å². The summed E-state index contributed by atoms with van der Waals surface area (Å²) >= 11 is 0. The standard InChI is InChI=1S/C19H25N5O4S/c1-14(2)18(25)20-10-16-17-11-28-19(13-24(17)22-21-16)8-9-23(12-19)29(26,27)15-6-4-3-5-7-15/h3-7,14H,8-13H2,1-2H3,(H,20,25). The van der Waals surface area contributed by atoms with Crippen molar-refractivity contribution in [2.24, 2.45) is 5.92 Å². The van der Waals surface area contributed by atoms with Crippen molar-refractivity contribution < 1.29 is 17.9 Å². The molecular formula is C19H25N5O4S. The lowest BCUT2D eigenvalue weighted by Crippen LogP contribution is -2.45. The minimum absolute atomic E-state index is 0.0440. The van der Waals surface area contributed by atoms with Crippen LogP contribution in [-0.2, 0) is 39.3 Å². The van der Waals surface area contributed by atoms with Gasteiger partial charge in [0.25, 0.3) is 0 Å². The molecule has 1 amide bonds. The minimum Gasteiger partial charge on any atom is -0.365 e. The van der Waals surface area contributed by atoms with Crippen molar-refractivity contribution in [2.75, 3.05) is 13.1 Å². The van der Waals surface area contributed by atoms with Gasteiger partial charge in [0, 0.05) is 19.0 Å². The predicted octanol–water partition coefficient (Wildman–Crippen LogP) is 0.914. The molecule has 3 heterocycles. The summed E-state index contributed by atoms with van der Waals surface area (Å²) < 4.78 is 35.2. The lowest BCUT2D eigenvalue weighted by Gasteiger charge is -2.34. The summed E-state index contributed by atoms with van der Waals surface area (Å²) in [6, 6.07) is 8.45. The smallest absolute Gasteiger partial charge is 0.243 e. The Balaban J connectivity index is 1.46. The molecule has 1 aromatic heterocycles. The van der Waals surface area contributed by atoms with Crippen LogP contribution in [0.25, 0.3) is 0 Å². The lowest BCUT2D eigenvalue weighted by atomic mass is 10.0. The van der Waals surface area contributed by atoms with Crippen molar-refractivity contribution in [3.05, 3.63) is 41.7 Å². The summed E-state index contributed by atoms with van der Waals surface area (Å²) in [6.45, 7) is 5.38. The molecule has 29 heavy (non-hydrogen) atoms. The van der Waals surface area contributed by atoms with Gasteiger partial charge in [-0.05, 0) is 18.6 Å². The van der Waals surface area contributed by atoms with Gasteiger partial charge in [0.2, 0.25) is 15.9 Å². The van der Waals surface area contributed by atoms with Crippen LogP contribution in [0.4, 0.5) is 0 Å². The Kier molecular flexibility index (Phi) is 5.18. The number of carbonyl (C=O) groups excluding carboxylic acids is 1. The first-order valence-corrected chi connectivity index (χ1v) is 11.1. The zero-order valence-electron chi connectivity index (χ0n) is 16.5. The van der Waals surface area contributed by atoms with Crippen molar-refractivity contribution in [1.82, 2.24) is 24.6 Å². The maximum Gasteiger partial charge on any atom is 0.243 e. The number of amides is 1. The van der Waals surface area contributed by atoms with Gasteiger partial charge < -0.3 is 10.1 Å². The molecule has 1 spiro atoms. The van der Waals surface area contributed by atoms with Gasteiger partial charge in [-0.25, -0.2) is 13.1 Å². The van der Waals surface area contributed by atoms with Crippen LogP contribution < -0.4 is 5.32 Å². The van der Waals surface area contributed by atoms with Gasteiger partial charge in [-0.15, -0.1) is 5.10 Å². The lowest BCUT2D eigenvalue weighted by molar-refractivity contribution is -0.124. The Morgan fingerprint density at radius 3 is 2.76 bits per heavy atom. The van der Waals surface area contributed by atoms with Gasteiger partial charge in [0.15, 0.2) is 0 Å². The van der Waals surface area contributed by atoms with Crippen molar-refractivity contribution >= 4 is 15.9 Å². The molecule has 1 atom stereocenters. The highest BCUT2D eigenvalue weighted by Gasteiger charge is 2.47. The fourth-order valence-corrected chi connectivity index (χ4v) is 5.24. The summed E-state index contributed by atoms with van der Waals surface area (Å²) in [7, 11) is -3.55. The van der Waals surface area contributed by atoms with Gasteiger partial charge in [0.1, 0.15) is 11.3 Å². The SMILES string of the molecule is CC(C)C(=O)NCc1nnn2c1COC1(CCN(S(=O)(=O)c3ccccc3)C1)C2. The number of sulfonamides is 1. The number of aromatic nitrogens is 3. The summed E-state index contributed by atoms with van der Waals surface area (Å²) in [5.74, 6) is -0.144. The second-order valence-electron chi connectivity index (χ2n) is 7.89. The third-order valence-electron chi connectivity index (χ3n) is 5.49. The highest BCUT2D eigenvalue weighted by Crippen LogP contribution is 2.35. The Hall–Kier alpha value is -2.30. The van der Waals surface area contributed by atoms with Crippen LogP contribution in [0.15, 0.2) is 35.2 Å². The Morgan fingerprint density at radius 2 is 2.03 bits per heavy atom. The van der Waals surface area contributed by atoms with Gasteiger partial charge in [0.05, 0.1) is 30.3 Å². The number of nitrogens with one attached hydrogen (secondary N) is 1. The monoisotopic (exact) mass is 419 g/mol. The van der Waals surface area contributed by atoms with E-state index < -0.39 is 15.6 Å². The van der Waals surface area contributed by atoms with Gasteiger partial charge >= 0.3 is 0 Å². The molecule has 4 rings (SSSR count). The molecule has 0 bridgehead atoms. The number of rotatable bonds is 5. The second-order valence-corrected chi connectivity index (χ2v) is 9.82. The molecule has 0 saturated carbocycles. The quantitative estimate of drug-likeness (QED) is 0.772. The molecular weight excluding hydrogens is 394 g/mol. The predicted molar refractivity (Wildman–Crippen MR) is 104 cm³/mol. The third kappa shape index (κ3) is 3.79. The second kappa shape index (κ2) is 7.51. The highest BCUT2D eigenvalue weighted by atomic mass is 32.2. The molecule has 2 aliphatic heterocycles. The molecule has 1 aromatic carbocycles. The normalized spacial score (nSPS) is 22.2. The average Bonchev–Trinajstić information content (AvgIpc) is 3.31. The van der Waals surface area contributed by atoms with E-state index in [-0.39, 0.29) is 23.3 Å². The largest absolute Gasteiger partial charge is 0.365 e. The molecule has 10 heteroatoms. The Bertz CT molecular complexity index is 1000. The number of hydrogen-bond acceptors (Lipinski definition) is 6. The van der Waals surface area contributed by atoms with Crippen molar-refractivity contribution in [3.63, 3.8) is 0 Å². The van der Waals surface area contributed by atoms with E-state index in [1.165, 1.54) is 4.31 Å². The van der Waals surface area contributed by atoms with Crippen molar-refractivity contribution in [2.45, 2.75) is 50.5 Å². The van der Waals surface area contributed by atoms with Crippen LogP contribution in [0.5, 0.6) is 0 Å². The molecule has 2 aliphatic rings. The van der Waals surface area contributed by atoms with Gasteiger partial charge in [-0.2, -0.15) is 4.31 Å². The fourth-order valence-electron chi connectivity index (χ4n) is 3.71. The topological polar surface area (TPSA) is 106 Å². The Morgan fingerprint density at radius 1 is 1.28 bits per heavy atom. The maximum absolute atomic E-state index is 12.9. The molecule has 1 unspecified atom stereocenters. The number of carbonyl (C=O) groups is 1. The van der Waals surface area contributed by atoms with Crippen LogP contribution in [0.2, 0.25) is 0 Å². The number of benzene rings is 1. The highest BCUT2D eigenvalue weighted by molar-refractivity contribution is 7.89. The molecule has 1 saturated heterocycles. The third-order valence-corrected chi connectivity index (χ3v) is 7.35. The molecule has 2 aromatic rings. The van der Waals surface area contributed by atoms with Crippen molar-refractivity contribution in [3.8, 4) is 0 Å². The van der Waals surface area contributed by atoms with E-state index in [1.807, 2.05) is 13.8 Å². The fraction of sp³-hybridized carbons (Fsp3) is 0.526. The number of hydrogen-bond donors (Lipinski definition) is 1. The van der Waals surface area contributed by atoms with Crippen LogP contribution in [0.3, 0.4) is 0 Å². The zero-order valence-corrected chi connectivity index (χ0v) is 17.4. The first kappa shape index (κ1) is 20.0. The van der Waals surface area contributed by atoms with Gasteiger partial charge in [-0.3, -0.25) is 4.79 Å². The van der Waals surface area contributed by atoms with E-state index in [0.29, 0.717) is 38.4 Å². The van der Waals surface area contributed by atoms with E-state index in [9.17, 15) is 13.2 Å². The number of ether oxygens (including phenoxy) is 1. The minimum atomic E-state index is -3.55. The van der Waals surface area contributed by atoms with E-state index in [1.54, 1.807) is 35.0 Å². The number of nitrogens with zero attached hydrogens (tertiary/aromatic N) is 4. The molecule has 1 N–H and O–H groups in total. The van der Waals surface area contributed by atoms with Crippen molar-refractivity contribution in [1.29, 1.82) is 0 Å². The maximum atomic E-state index is 12.9. The average molecular weight is 420 g/mol.